The molecule has 8 amide bonds. The highest BCUT2D eigenvalue weighted by Crippen LogP contribution is 2.48. The van der Waals surface area contributed by atoms with Crippen molar-refractivity contribution < 1.29 is 74.5 Å². The van der Waals surface area contributed by atoms with Crippen LogP contribution in [0, 0.1) is 35.2 Å². The van der Waals surface area contributed by atoms with Crippen molar-refractivity contribution in [3.8, 4) is 17.2 Å². The van der Waals surface area contributed by atoms with Gasteiger partial charge in [0, 0.05) is 121 Å². The van der Waals surface area contributed by atoms with Gasteiger partial charge < -0.3 is 35.5 Å². The molecular weight excluding hydrogens is 1790 g/mol. The van der Waals surface area contributed by atoms with Gasteiger partial charge in [-0.05, 0) is 175 Å². The quantitative estimate of drug-likeness (QED) is 0.0212. The maximum Gasteiger partial charge on any atom is 0.272 e. The van der Waals surface area contributed by atoms with Crippen LogP contribution in [-0.2, 0) is 86.6 Å². The number of carbonyl (C=O) groups is 8. The van der Waals surface area contributed by atoms with Gasteiger partial charge in [0.2, 0.25) is 0 Å². The molecule has 4 atom stereocenters. The number of aryl methyl sites for hydroxylation is 1. The first-order valence-corrected chi connectivity index (χ1v) is 47.9. The number of benzene rings is 5. The first-order chi connectivity index (χ1) is 66.9. The molecule has 11 heterocycles. The van der Waals surface area contributed by atoms with Crippen LogP contribution in [0.5, 0.6) is 17.2 Å². The van der Waals surface area contributed by atoms with Crippen molar-refractivity contribution in [1.29, 1.82) is 0 Å². The topological polar surface area (TPSA) is 378 Å². The number of amides is 8. The van der Waals surface area contributed by atoms with Gasteiger partial charge in [-0.2, -0.15) is 55.8 Å². The fourth-order valence-corrected chi connectivity index (χ4v) is 18.0. The minimum absolute atomic E-state index is 0.0447. The van der Waals surface area contributed by atoms with Gasteiger partial charge in [0.15, 0.2) is 0 Å². The summed E-state index contributed by atoms with van der Waals surface area (Å²) in [5.74, 6) is -1.92. The van der Waals surface area contributed by atoms with Gasteiger partial charge in [-0.3, -0.25) is 52.4 Å². The summed E-state index contributed by atoms with van der Waals surface area (Å²) in [4.78, 5) is 103. The summed E-state index contributed by atoms with van der Waals surface area (Å²) >= 11 is 0. The third-order valence-corrected chi connectivity index (χ3v) is 26.3. The Hall–Kier alpha value is -14.1. The lowest BCUT2D eigenvalue weighted by molar-refractivity contribution is -0.130. The summed E-state index contributed by atoms with van der Waals surface area (Å²) in [6, 6.07) is 33.4. The zero-order chi connectivity index (χ0) is 98.0. The molecule has 5 aromatic carbocycles. The van der Waals surface area contributed by atoms with Gasteiger partial charge in [-0.1, -0.05) is 147 Å². The molecule has 0 radical (unpaired) electrons. The zero-order valence-electron chi connectivity index (χ0n) is 79.2. The second kappa shape index (κ2) is 42.5. The number of alkyl halides is 2. The normalized spacial score (nSPS) is 21.8. The van der Waals surface area contributed by atoms with E-state index in [0.29, 0.717) is 112 Å². The first-order valence-electron chi connectivity index (χ1n) is 47.9. The molecule has 139 heavy (non-hydrogen) atoms. The third-order valence-electron chi connectivity index (χ3n) is 26.3. The molecule has 3 saturated carbocycles. The molecule has 38 heteroatoms. The average molecular weight is 1910 g/mol. The number of hydrogen-bond donors (Lipinski definition) is 4. The number of rotatable bonds is 35. The van der Waals surface area contributed by atoms with Crippen molar-refractivity contribution in [3.05, 3.63) is 236 Å². The van der Waals surface area contributed by atoms with E-state index in [1.807, 2.05) is 64.7 Å². The number of hydrogen-bond acceptors (Lipinski definition) is 22. The number of carbonyl (C=O) groups excluding carboxylic acids is 8. The molecule has 0 spiro atoms. The average Bonchev–Trinajstić information content (AvgIpc) is 1.61. The zero-order valence-corrected chi connectivity index (χ0v) is 79.2. The van der Waals surface area contributed by atoms with Crippen molar-refractivity contribution in [2.24, 2.45) is 59.1 Å². The van der Waals surface area contributed by atoms with Crippen LogP contribution >= 0.6 is 0 Å². The van der Waals surface area contributed by atoms with E-state index in [1.165, 1.54) is 106 Å². The molecule has 730 valence electrons. The number of nitrogens with one attached hydrogen (secondary N) is 4. The number of ether oxygens (including phenoxy) is 3. The standard InChI is InChI=1S/C26H32N6O2.C25H25F3N4O3.2C25H29FN6O3/c1-3-4-5-6-18-9-11-20(12-10-18)26(2)15-21(22-13-14-31(29-22)17-19-7-8-19)24(25(34)28-26)32-23(33)16-27-30-32;1-3-4-11-35-17-9-10-19(20(26)12-17)25(2)13-18(15-5-7-16(8-6-15)23(27)28)22(24(34)30-25)32-21(33)14-29-31-32;2*1-3-4-11-35-17-7-8-19(20(26)12-17)25(2)13-18(21-9-10-31(29-21)15-16-5-6-16)23(24(34)28-25)32-22(33)14-27-30-32/h9-14,19H,3-8,15-17H2,1-2H3,(H,28,34);5-10,12,23H,3-4,11,13-14H2,1-2H3,(H,30,34);2*7-10,12,16H,3-6,11,13-15H2,1-2H3,(H,28,34). The number of aromatic nitrogens is 6. The monoisotopic (exact) mass is 1910 g/mol. The maximum absolute atomic E-state index is 15.3. The van der Waals surface area contributed by atoms with Crippen LogP contribution in [0.4, 0.5) is 22.0 Å². The van der Waals surface area contributed by atoms with Gasteiger partial charge in [-0.25, -0.2) is 22.0 Å². The minimum Gasteiger partial charge on any atom is -0.493 e. The Labute approximate surface area is 801 Å². The van der Waals surface area contributed by atoms with Crippen LogP contribution in [0.2, 0.25) is 0 Å². The molecule has 33 nitrogen and oxygen atoms in total. The Balaban J connectivity index is 0.000000134. The lowest BCUT2D eigenvalue weighted by Gasteiger charge is -2.38. The number of nitrogens with zero attached hydrogens (tertiary/aromatic N) is 18. The van der Waals surface area contributed by atoms with Gasteiger partial charge in [0.05, 0.1) is 59.1 Å². The molecule has 8 aromatic rings. The van der Waals surface area contributed by atoms with Crippen LogP contribution in [0.3, 0.4) is 0 Å². The van der Waals surface area contributed by atoms with E-state index in [1.54, 1.807) is 57.2 Å². The molecule has 11 aliphatic rings. The first kappa shape index (κ1) is 98.0. The van der Waals surface area contributed by atoms with E-state index in [9.17, 15) is 47.1 Å². The largest absolute Gasteiger partial charge is 0.493 e. The van der Waals surface area contributed by atoms with Gasteiger partial charge in [0.25, 0.3) is 53.7 Å². The summed E-state index contributed by atoms with van der Waals surface area (Å²) in [5.41, 5.74) is 3.89. The third kappa shape index (κ3) is 22.7. The summed E-state index contributed by atoms with van der Waals surface area (Å²) in [7, 11) is 0. The minimum atomic E-state index is -2.65. The highest BCUT2D eigenvalue weighted by Gasteiger charge is 2.49. The van der Waals surface area contributed by atoms with Crippen LogP contribution in [0.1, 0.15) is 240 Å². The molecule has 3 aliphatic carbocycles. The van der Waals surface area contributed by atoms with Crippen molar-refractivity contribution in [2.75, 3.05) is 46.0 Å². The van der Waals surface area contributed by atoms with Gasteiger partial charge in [-0.15, -0.1) is 0 Å². The number of halogens is 5. The molecule has 4 N–H and O–H groups in total. The van der Waals surface area contributed by atoms with E-state index < -0.39 is 81.5 Å². The summed E-state index contributed by atoms with van der Waals surface area (Å²) in [5, 5.41) is 60.6. The van der Waals surface area contributed by atoms with E-state index in [0.717, 1.165) is 95.8 Å². The SMILES string of the molecule is CCCCCc1ccc(C2(C)CC(c3ccn(CC4CC4)n3)=C(N3N=NCC3=O)C(=O)N2)cc1.CCCCOc1ccc(C2(C)CC(c3ccc(C(F)F)cc3)=C(N3N=NCC3=O)C(=O)N2)c(F)c1.CCCCOc1ccc(C2(C)CC(c3ccn(CC4CC4)n3)=C(N3N=NCC3=O)C(=O)N2)c(F)c1.CCCCOc1ccc(C2(C)CC(c3ccn(CC4CC4)n3)=C(N3N=NCC3=O)C(=O)N2)c(F)c1. The van der Waals surface area contributed by atoms with Gasteiger partial charge >= 0.3 is 0 Å². The number of unbranched alkanes of at least 4 members (excludes halogenated alkanes) is 5. The Kier molecular flexibility index (Phi) is 29.9. The molecular formula is C101H115F5N22O11. The lowest BCUT2D eigenvalue weighted by atomic mass is 9.79. The fraction of sp³-hybridized carbons (Fsp3) is 0.455. The maximum atomic E-state index is 15.3. The predicted molar refractivity (Wildman–Crippen MR) is 501 cm³/mol. The van der Waals surface area contributed by atoms with E-state index in [-0.39, 0.29) is 91.2 Å². The van der Waals surface area contributed by atoms with Crippen molar-refractivity contribution in [1.82, 2.24) is 70.6 Å². The van der Waals surface area contributed by atoms with E-state index in [2.05, 4.69) is 118 Å². The molecule has 4 unspecified atom stereocenters. The summed E-state index contributed by atoms with van der Waals surface area (Å²) in [6.45, 7) is 19.1. The van der Waals surface area contributed by atoms with Crippen LogP contribution in [0.15, 0.2) is 204 Å². The smallest absolute Gasteiger partial charge is 0.272 e. The summed E-state index contributed by atoms with van der Waals surface area (Å²) < 4.78 is 94.5. The van der Waals surface area contributed by atoms with E-state index >= 15 is 13.2 Å². The molecule has 19 rings (SSSR count). The summed E-state index contributed by atoms with van der Waals surface area (Å²) in [6.07, 6.45) is 21.5. The van der Waals surface area contributed by atoms with Crippen LogP contribution in [-0.4, -0.2) is 143 Å². The molecule has 8 aliphatic heterocycles. The molecule has 3 aromatic heterocycles. The Morgan fingerprint density at radius 2 is 0.683 bits per heavy atom. The van der Waals surface area contributed by atoms with E-state index in [4.69, 9.17) is 19.3 Å². The predicted octanol–water partition coefficient (Wildman–Crippen LogP) is 17.6. The molecule has 3 fully saturated rings. The molecule has 0 saturated heterocycles. The highest BCUT2D eigenvalue weighted by molar-refractivity contribution is 6.09. The highest BCUT2D eigenvalue weighted by atomic mass is 19.3. The Morgan fingerprint density at radius 3 is 0.978 bits per heavy atom. The van der Waals surface area contributed by atoms with Crippen molar-refractivity contribution >= 4 is 69.5 Å². The fourth-order valence-electron chi connectivity index (χ4n) is 18.0. The second-order valence-electron chi connectivity index (χ2n) is 37.7. The van der Waals surface area contributed by atoms with Gasteiger partial charge in [0.1, 0.15) is 83.7 Å². The lowest BCUT2D eigenvalue weighted by Crippen LogP contribution is -2.51. The Morgan fingerprint density at radius 1 is 0.374 bits per heavy atom. The van der Waals surface area contributed by atoms with Crippen molar-refractivity contribution in [3.63, 3.8) is 0 Å². The second-order valence-corrected chi connectivity index (χ2v) is 37.7. The van der Waals surface area contributed by atoms with Crippen LogP contribution in [0.25, 0.3) is 22.3 Å². The van der Waals surface area contributed by atoms with Crippen LogP contribution < -0.4 is 35.5 Å². The Bertz CT molecular complexity index is 6080. The van der Waals surface area contributed by atoms with Crippen molar-refractivity contribution in [2.45, 2.75) is 232 Å². The molecule has 0 bridgehead atoms.